The molecule has 2 fully saturated rings. The van der Waals surface area contributed by atoms with Crippen molar-refractivity contribution in [1.82, 2.24) is 19.7 Å². The average molecular weight is 377 g/mol. The molecule has 8 heteroatoms. The van der Waals surface area contributed by atoms with E-state index in [0.717, 1.165) is 12.8 Å². The second kappa shape index (κ2) is 7.34. The molecule has 0 saturated carbocycles. The molecule has 3 heterocycles. The predicted octanol–water partition coefficient (Wildman–Crippen LogP) is 2.45. The summed E-state index contributed by atoms with van der Waals surface area (Å²) in [6, 6.07) is 7.37. The molecule has 26 heavy (non-hydrogen) atoms. The third-order valence-electron chi connectivity index (χ3n) is 4.90. The highest BCUT2D eigenvalue weighted by Gasteiger charge is 2.33. The Balaban J connectivity index is 1.46. The minimum atomic E-state index is -0.148. The Hall–Kier alpha value is -1.96. The van der Waals surface area contributed by atoms with Crippen LogP contribution in [0.2, 0.25) is 5.02 Å². The molecule has 0 radical (unpaired) electrons. The van der Waals surface area contributed by atoms with E-state index in [1.54, 1.807) is 15.6 Å². The first-order chi connectivity index (χ1) is 12.6. The highest BCUT2D eigenvalue weighted by atomic mass is 35.5. The molecule has 0 aliphatic carbocycles. The zero-order valence-electron chi connectivity index (χ0n) is 14.6. The molecule has 0 atom stereocenters. The molecule has 2 aliphatic heterocycles. The fourth-order valence-electron chi connectivity index (χ4n) is 3.50. The van der Waals surface area contributed by atoms with Gasteiger partial charge in [-0.3, -0.25) is 4.79 Å². The van der Waals surface area contributed by atoms with Crippen molar-refractivity contribution in [1.29, 1.82) is 0 Å². The first-order valence-electron chi connectivity index (χ1n) is 8.84. The summed E-state index contributed by atoms with van der Waals surface area (Å²) in [4.78, 5) is 19.0. The number of likely N-dealkylation sites (tertiary alicyclic amines) is 1. The van der Waals surface area contributed by atoms with E-state index in [1.165, 1.54) is 0 Å². The van der Waals surface area contributed by atoms with Gasteiger partial charge in [0.1, 0.15) is 5.82 Å². The van der Waals surface area contributed by atoms with E-state index in [-0.39, 0.29) is 18.0 Å². The van der Waals surface area contributed by atoms with Gasteiger partial charge in [-0.2, -0.15) is 0 Å². The van der Waals surface area contributed by atoms with Gasteiger partial charge in [-0.1, -0.05) is 23.7 Å². The lowest BCUT2D eigenvalue weighted by Crippen LogP contribution is -2.41. The largest absolute Gasteiger partial charge is 0.350 e. The van der Waals surface area contributed by atoms with Crippen LogP contribution in [-0.2, 0) is 9.47 Å². The second-order valence-corrected chi connectivity index (χ2v) is 6.99. The molecule has 0 unspecified atom stereocenters. The Morgan fingerprint density at radius 3 is 2.58 bits per heavy atom. The Labute approximate surface area is 156 Å². The number of piperidine rings is 1. The van der Waals surface area contributed by atoms with Gasteiger partial charge in [0.25, 0.3) is 5.91 Å². The Morgan fingerprint density at radius 2 is 1.88 bits per heavy atom. The van der Waals surface area contributed by atoms with E-state index in [4.69, 9.17) is 21.1 Å². The lowest BCUT2D eigenvalue weighted by Gasteiger charge is -2.33. The van der Waals surface area contributed by atoms with Gasteiger partial charge in [-0.25, -0.2) is 9.67 Å². The maximum atomic E-state index is 12.8. The van der Waals surface area contributed by atoms with E-state index < -0.39 is 0 Å². The van der Waals surface area contributed by atoms with Gasteiger partial charge in [-0.05, 0) is 31.9 Å². The van der Waals surface area contributed by atoms with E-state index in [0.29, 0.717) is 48.8 Å². The number of para-hydroxylation sites is 1. The zero-order valence-corrected chi connectivity index (χ0v) is 15.4. The van der Waals surface area contributed by atoms with Crippen LogP contribution in [0.3, 0.4) is 0 Å². The number of ether oxygens (including phenoxy) is 2. The van der Waals surface area contributed by atoms with Gasteiger partial charge in [0.15, 0.2) is 6.29 Å². The third kappa shape index (κ3) is 3.34. The summed E-state index contributed by atoms with van der Waals surface area (Å²) in [5, 5.41) is 4.96. The Kier molecular flexibility index (Phi) is 4.93. The van der Waals surface area contributed by atoms with E-state index in [9.17, 15) is 4.79 Å². The summed E-state index contributed by atoms with van der Waals surface area (Å²) in [7, 11) is 0. The number of aryl methyl sites for hydroxylation is 1. The molecule has 2 aromatic rings. The van der Waals surface area contributed by atoms with E-state index in [2.05, 4.69) is 10.1 Å². The van der Waals surface area contributed by atoms with Crippen LogP contribution in [0.25, 0.3) is 5.69 Å². The third-order valence-corrected chi connectivity index (χ3v) is 5.22. The SMILES string of the molecule is Cc1nc(C(=O)N2CCC(C3OCCO3)CC2)nn1-c1ccccc1Cl. The normalized spacial score (nSPS) is 19.2. The number of carbonyl (C=O) groups is 1. The van der Waals surface area contributed by atoms with Crippen molar-refractivity contribution in [2.75, 3.05) is 26.3 Å². The molecule has 4 rings (SSSR count). The van der Waals surface area contributed by atoms with Crippen molar-refractivity contribution in [2.45, 2.75) is 26.1 Å². The zero-order chi connectivity index (χ0) is 18.1. The summed E-state index contributed by atoms with van der Waals surface area (Å²) in [5.41, 5.74) is 0.715. The van der Waals surface area contributed by atoms with Gasteiger partial charge in [0.2, 0.25) is 5.82 Å². The number of nitrogens with zero attached hydrogens (tertiary/aromatic N) is 4. The monoisotopic (exact) mass is 376 g/mol. The van der Waals surface area contributed by atoms with Crippen molar-refractivity contribution in [3.8, 4) is 5.69 Å². The molecule has 7 nitrogen and oxygen atoms in total. The Morgan fingerprint density at radius 1 is 1.19 bits per heavy atom. The lowest BCUT2D eigenvalue weighted by molar-refractivity contribution is -0.0956. The highest BCUT2D eigenvalue weighted by molar-refractivity contribution is 6.32. The number of carbonyl (C=O) groups excluding carboxylic acids is 1. The summed E-state index contributed by atoms with van der Waals surface area (Å²) >= 11 is 6.24. The number of hydrogen-bond acceptors (Lipinski definition) is 5. The summed E-state index contributed by atoms with van der Waals surface area (Å²) in [6.07, 6.45) is 1.60. The topological polar surface area (TPSA) is 69.5 Å². The molecule has 2 saturated heterocycles. The fraction of sp³-hybridized carbons (Fsp3) is 0.500. The van der Waals surface area contributed by atoms with Crippen LogP contribution >= 0.6 is 11.6 Å². The van der Waals surface area contributed by atoms with Crippen molar-refractivity contribution < 1.29 is 14.3 Å². The van der Waals surface area contributed by atoms with E-state index in [1.807, 2.05) is 25.1 Å². The number of hydrogen-bond donors (Lipinski definition) is 0. The minimum absolute atomic E-state index is 0.118. The number of halogens is 1. The van der Waals surface area contributed by atoms with Gasteiger partial charge < -0.3 is 14.4 Å². The van der Waals surface area contributed by atoms with Crippen LogP contribution in [0.15, 0.2) is 24.3 Å². The van der Waals surface area contributed by atoms with Gasteiger partial charge in [0, 0.05) is 19.0 Å². The Bertz CT molecular complexity index is 795. The maximum absolute atomic E-state index is 12.8. The summed E-state index contributed by atoms with van der Waals surface area (Å²) in [6.45, 7) is 4.45. The molecule has 2 aliphatic rings. The average Bonchev–Trinajstić information content (AvgIpc) is 3.32. The van der Waals surface area contributed by atoms with Crippen molar-refractivity contribution >= 4 is 17.5 Å². The quantitative estimate of drug-likeness (QED) is 0.823. The molecule has 1 aromatic heterocycles. The van der Waals surface area contributed by atoms with Crippen LogP contribution in [0.5, 0.6) is 0 Å². The van der Waals surface area contributed by atoms with Gasteiger partial charge >= 0.3 is 0 Å². The van der Waals surface area contributed by atoms with Crippen molar-refractivity contribution in [3.63, 3.8) is 0 Å². The summed E-state index contributed by atoms with van der Waals surface area (Å²) < 4.78 is 12.8. The smallest absolute Gasteiger partial charge is 0.293 e. The second-order valence-electron chi connectivity index (χ2n) is 6.59. The van der Waals surface area contributed by atoms with Crippen LogP contribution in [0, 0.1) is 12.8 Å². The standard InChI is InChI=1S/C18H21ClN4O3/c1-12-20-16(21-23(12)15-5-3-2-4-14(15)19)17(24)22-8-6-13(7-9-22)18-25-10-11-26-18/h2-5,13,18H,6-11H2,1H3. The molecule has 0 N–H and O–H groups in total. The minimum Gasteiger partial charge on any atom is -0.350 e. The van der Waals surface area contributed by atoms with Crippen LogP contribution < -0.4 is 0 Å². The van der Waals surface area contributed by atoms with Crippen LogP contribution in [-0.4, -0.2) is 58.2 Å². The maximum Gasteiger partial charge on any atom is 0.293 e. The molecule has 1 aromatic carbocycles. The van der Waals surface area contributed by atoms with Gasteiger partial charge in [0.05, 0.1) is 23.9 Å². The predicted molar refractivity (Wildman–Crippen MR) is 95.4 cm³/mol. The van der Waals surface area contributed by atoms with Crippen LogP contribution in [0.4, 0.5) is 0 Å². The molecule has 138 valence electrons. The molecular weight excluding hydrogens is 356 g/mol. The summed E-state index contributed by atoms with van der Waals surface area (Å²) in [5.74, 6) is 1.03. The van der Waals surface area contributed by atoms with Crippen molar-refractivity contribution in [2.24, 2.45) is 5.92 Å². The molecular formula is C18H21ClN4O3. The van der Waals surface area contributed by atoms with Crippen molar-refractivity contribution in [3.05, 3.63) is 40.9 Å². The number of rotatable bonds is 3. The van der Waals surface area contributed by atoms with Gasteiger partial charge in [-0.15, -0.1) is 5.10 Å². The fourth-order valence-corrected chi connectivity index (χ4v) is 3.71. The molecule has 0 spiro atoms. The number of amides is 1. The van der Waals surface area contributed by atoms with E-state index >= 15 is 0 Å². The number of aromatic nitrogens is 3. The molecule has 0 bridgehead atoms. The lowest BCUT2D eigenvalue weighted by atomic mass is 9.96. The highest BCUT2D eigenvalue weighted by Crippen LogP contribution is 2.26. The first kappa shape index (κ1) is 17.5. The first-order valence-corrected chi connectivity index (χ1v) is 9.22. The number of benzene rings is 1. The molecule has 1 amide bonds. The van der Waals surface area contributed by atoms with Crippen LogP contribution in [0.1, 0.15) is 29.3 Å².